The van der Waals surface area contributed by atoms with Crippen molar-refractivity contribution in [2.75, 3.05) is 7.11 Å². The van der Waals surface area contributed by atoms with Crippen LogP contribution in [0.3, 0.4) is 0 Å². The van der Waals surface area contributed by atoms with E-state index < -0.39 is 12.1 Å². The highest BCUT2D eigenvalue weighted by molar-refractivity contribution is 5.71. The fourth-order valence-electron chi connectivity index (χ4n) is 6.55. The van der Waals surface area contributed by atoms with E-state index >= 15 is 0 Å². The number of carboxylic acids is 1. The van der Waals surface area contributed by atoms with Crippen LogP contribution in [0, 0.1) is 30.1 Å². The second-order valence-electron chi connectivity index (χ2n) is 8.56. The molecular formula is C21H28O4. The van der Waals surface area contributed by atoms with Crippen LogP contribution in [-0.4, -0.2) is 29.4 Å². The molecule has 1 aromatic rings. The van der Waals surface area contributed by atoms with E-state index in [4.69, 9.17) is 4.74 Å². The second-order valence-corrected chi connectivity index (χ2v) is 8.56. The Hall–Kier alpha value is -1.55. The number of rotatable bonds is 2. The van der Waals surface area contributed by atoms with Crippen molar-refractivity contribution >= 4 is 5.97 Å². The van der Waals surface area contributed by atoms with Gasteiger partial charge in [-0.2, -0.15) is 0 Å². The maximum Gasteiger partial charge on any atom is 0.307 e. The van der Waals surface area contributed by atoms with Gasteiger partial charge < -0.3 is 14.9 Å². The maximum atomic E-state index is 11.8. The number of fused-ring (bicyclic) bond motifs is 5. The van der Waals surface area contributed by atoms with Crippen molar-refractivity contribution in [3.8, 4) is 5.75 Å². The molecule has 4 nitrogen and oxygen atoms in total. The van der Waals surface area contributed by atoms with Crippen LogP contribution < -0.4 is 4.74 Å². The molecule has 0 radical (unpaired) electrons. The minimum Gasteiger partial charge on any atom is -0.496 e. The molecule has 0 bridgehead atoms. The summed E-state index contributed by atoms with van der Waals surface area (Å²) in [5.74, 6) is 0.793. The molecule has 0 saturated heterocycles. The van der Waals surface area contributed by atoms with Gasteiger partial charge in [0.15, 0.2) is 0 Å². The molecule has 2 fully saturated rings. The van der Waals surface area contributed by atoms with Crippen molar-refractivity contribution in [2.45, 2.75) is 58.0 Å². The van der Waals surface area contributed by atoms with Gasteiger partial charge in [0.1, 0.15) is 5.75 Å². The smallest absolute Gasteiger partial charge is 0.307 e. The maximum absolute atomic E-state index is 11.8. The van der Waals surface area contributed by atoms with E-state index in [1.54, 1.807) is 7.11 Å². The largest absolute Gasteiger partial charge is 0.496 e. The van der Waals surface area contributed by atoms with Crippen LogP contribution in [0.5, 0.6) is 5.75 Å². The second kappa shape index (κ2) is 5.73. The van der Waals surface area contributed by atoms with Gasteiger partial charge in [0.25, 0.3) is 0 Å². The summed E-state index contributed by atoms with van der Waals surface area (Å²) >= 11 is 0. The third-order valence-corrected chi connectivity index (χ3v) is 7.56. The summed E-state index contributed by atoms with van der Waals surface area (Å²) in [4.78, 5) is 11.8. The molecule has 1 aromatic carbocycles. The van der Waals surface area contributed by atoms with Crippen molar-refractivity contribution in [1.29, 1.82) is 0 Å². The first kappa shape index (κ1) is 16.9. The normalized spacial score (nSPS) is 39.3. The van der Waals surface area contributed by atoms with E-state index in [9.17, 15) is 15.0 Å². The van der Waals surface area contributed by atoms with Gasteiger partial charge >= 0.3 is 5.97 Å². The number of methoxy groups -OCH3 is 1. The van der Waals surface area contributed by atoms with Gasteiger partial charge in [-0.25, -0.2) is 0 Å². The van der Waals surface area contributed by atoms with Crippen LogP contribution in [0.2, 0.25) is 0 Å². The lowest BCUT2D eigenvalue weighted by Gasteiger charge is -2.52. The van der Waals surface area contributed by atoms with Gasteiger partial charge in [0, 0.05) is 5.92 Å². The van der Waals surface area contributed by atoms with Crippen molar-refractivity contribution in [2.24, 2.45) is 23.2 Å². The zero-order valence-corrected chi connectivity index (χ0v) is 15.3. The first-order valence-corrected chi connectivity index (χ1v) is 9.45. The van der Waals surface area contributed by atoms with E-state index in [0.717, 1.165) is 31.4 Å². The minimum atomic E-state index is -0.690. The zero-order chi connectivity index (χ0) is 17.9. The van der Waals surface area contributed by atoms with Crippen LogP contribution in [0.25, 0.3) is 0 Å². The zero-order valence-electron chi connectivity index (χ0n) is 15.3. The monoisotopic (exact) mass is 344 g/mol. The lowest BCUT2D eigenvalue weighted by atomic mass is 9.53. The van der Waals surface area contributed by atoms with Crippen LogP contribution in [0.1, 0.15) is 55.2 Å². The molecule has 0 amide bonds. The quantitative estimate of drug-likeness (QED) is 0.861. The molecule has 2 N–H and O–H groups in total. The van der Waals surface area contributed by atoms with Crippen molar-refractivity contribution in [3.63, 3.8) is 0 Å². The number of aliphatic carboxylic acids is 1. The third-order valence-electron chi connectivity index (χ3n) is 7.56. The van der Waals surface area contributed by atoms with Gasteiger partial charge in [0.05, 0.1) is 19.1 Å². The van der Waals surface area contributed by atoms with Gasteiger partial charge in [-0.3, -0.25) is 4.79 Å². The Balaban J connectivity index is 1.79. The molecule has 6 unspecified atom stereocenters. The summed E-state index contributed by atoms with van der Waals surface area (Å²) in [5, 5.41) is 20.8. The Morgan fingerprint density at radius 2 is 2.04 bits per heavy atom. The summed E-state index contributed by atoms with van der Waals surface area (Å²) in [6.45, 7) is 4.23. The third kappa shape index (κ3) is 2.26. The van der Waals surface area contributed by atoms with E-state index in [1.165, 1.54) is 16.7 Å². The molecule has 3 aliphatic carbocycles. The highest BCUT2D eigenvalue weighted by Gasteiger charge is 2.59. The number of carboxylic acid groups (broad SMARTS) is 1. The predicted octanol–water partition coefficient (Wildman–Crippen LogP) is 3.53. The molecule has 136 valence electrons. The number of benzene rings is 1. The highest BCUT2D eigenvalue weighted by atomic mass is 16.5. The standard InChI is InChI=1S/C21H28O4/c1-11-4-9-17(25-3)13-6-5-12-14-7-8-15(20(23)24)21(14,2)10-16(22)19(12)18(11)13/h4,9,12,14-16,19,22H,5-8,10H2,1-3H3,(H,23,24). The number of aryl methyl sites for hydroxylation is 1. The molecule has 25 heavy (non-hydrogen) atoms. The molecule has 4 heteroatoms. The van der Waals surface area contributed by atoms with Gasteiger partial charge in [-0.15, -0.1) is 0 Å². The molecule has 2 saturated carbocycles. The number of ether oxygens (including phenoxy) is 1. The van der Waals surface area contributed by atoms with Crippen molar-refractivity contribution in [1.82, 2.24) is 0 Å². The first-order valence-electron chi connectivity index (χ1n) is 9.45. The number of carbonyl (C=O) groups is 1. The topological polar surface area (TPSA) is 66.8 Å². The summed E-state index contributed by atoms with van der Waals surface area (Å²) in [5.41, 5.74) is 3.46. The molecule has 4 rings (SSSR count). The van der Waals surface area contributed by atoms with Crippen LogP contribution >= 0.6 is 0 Å². The average Bonchev–Trinajstić information content (AvgIpc) is 2.91. The fraction of sp³-hybridized carbons (Fsp3) is 0.667. The van der Waals surface area contributed by atoms with Crippen LogP contribution in [0.4, 0.5) is 0 Å². The highest BCUT2D eigenvalue weighted by Crippen LogP contribution is 2.63. The fourth-order valence-corrected chi connectivity index (χ4v) is 6.55. The molecule has 0 heterocycles. The number of aliphatic hydroxyl groups is 1. The Labute approximate surface area is 149 Å². The predicted molar refractivity (Wildman–Crippen MR) is 94.9 cm³/mol. The number of aliphatic hydroxyl groups excluding tert-OH is 1. The molecule has 0 spiro atoms. The van der Waals surface area contributed by atoms with Gasteiger partial charge in [0.2, 0.25) is 0 Å². The Bertz CT molecular complexity index is 712. The van der Waals surface area contributed by atoms with Crippen molar-refractivity contribution in [3.05, 3.63) is 28.8 Å². The molecule has 0 aromatic heterocycles. The van der Waals surface area contributed by atoms with Crippen molar-refractivity contribution < 1.29 is 19.7 Å². The molecule has 3 aliphatic rings. The summed E-state index contributed by atoms with van der Waals surface area (Å²) in [7, 11) is 1.71. The van der Waals surface area contributed by atoms with E-state index in [1.807, 2.05) is 6.07 Å². The summed E-state index contributed by atoms with van der Waals surface area (Å²) < 4.78 is 5.58. The minimum absolute atomic E-state index is 0.115. The SMILES string of the molecule is COc1ccc(C)c2c1CCC1C2C(O)CC2(C)C(C(=O)O)CCC12. The summed E-state index contributed by atoms with van der Waals surface area (Å²) in [6.07, 6.45) is 3.80. The number of hydrogen-bond acceptors (Lipinski definition) is 3. The van der Waals surface area contributed by atoms with Gasteiger partial charge in [-0.1, -0.05) is 13.0 Å². The van der Waals surface area contributed by atoms with E-state index in [2.05, 4.69) is 19.9 Å². The lowest BCUT2D eigenvalue weighted by Crippen LogP contribution is -2.50. The average molecular weight is 344 g/mol. The molecular weight excluding hydrogens is 316 g/mol. The first-order chi connectivity index (χ1) is 11.9. The summed E-state index contributed by atoms with van der Waals surface area (Å²) in [6, 6.07) is 4.12. The van der Waals surface area contributed by atoms with E-state index in [0.29, 0.717) is 18.3 Å². The molecule has 6 atom stereocenters. The number of hydrogen-bond donors (Lipinski definition) is 2. The lowest BCUT2D eigenvalue weighted by molar-refractivity contribution is -0.149. The van der Waals surface area contributed by atoms with E-state index in [-0.39, 0.29) is 17.3 Å². The Morgan fingerprint density at radius 1 is 1.28 bits per heavy atom. The van der Waals surface area contributed by atoms with Crippen LogP contribution in [0.15, 0.2) is 12.1 Å². The van der Waals surface area contributed by atoms with Gasteiger partial charge in [-0.05, 0) is 79.0 Å². The Kier molecular flexibility index (Phi) is 3.87. The Morgan fingerprint density at radius 3 is 2.72 bits per heavy atom. The molecule has 0 aliphatic heterocycles. The van der Waals surface area contributed by atoms with Crippen LogP contribution in [-0.2, 0) is 11.2 Å².